The number of sulfone groups is 1. The zero-order valence-electron chi connectivity index (χ0n) is 6.54. The second-order valence-electron chi connectivity index (χ2n) is 2.28. The quantitative estimate of drug-likeness (QED) is 0.478. The van der Waals surface area contributed by atoms with E-state index in [1.54, 1.807) is 0 Å². The molecular formula is C7H6N2O3S. The molecule has 0 bridgehead atoms. The molecule has 1 aromatic rings. The van der Waals surface area contributed by atoms with E-state index in [1.165, 1.54) is 24.3 Å². The molecule has 0 aliphatic rings. The summed E-state index contributed by atoms with van der Waals surface area (Å²) < 4.78 is 22.6. The maximum Gasteiger partial charge on any atom is 0.309 e. The van der Waals surface area contributed by atoms with Crippen LogP contribution in [0.2, 0.25) is 0 Å². The van der Waals surface area contributed by atoms with Crippen LogP contribution in [0.3, 0.4) is 0 Å². The predicted octanol–water partition coefficient (Wildman–Crippen LogP) is -0.383. The van der Waals surface area contributed by atoms with Gasteiger partial charge in [-0.3, -0.25) is 0 Å². The van der Waals surface area contributed by atoms with Gasteiger partial charge in [-0.1, -0.05) is 0 Å². The molecule has 1 heterocycles. The van der Waals surface area contributed by atoms with Gasteiger partial charge in [0, 0.05) is 12.1 Å². The number of aromatic nitrogens is 1. The lowest BCUT2D eigenvalue weighted by Gasteiger charge is -2.00. The van der Waals surface area contributed by atoms with Crippen LogP contribution in [0.25, 0.3) is 0 Å². The lowest BCUT2D eigenvalue weighted by Crippen LogP contribution is -2.33. The van der Waals surface area contributed by atoms with E-state index in [-0.39, 0.29) is 4.73 Å². The Hall–Kier alpha value is -1.61. The predicted molar refractivity (Wildman–Crippen MR) is 43.1 cm³/mol. The molecular weight excluding hydrogens is 192 g/mol. The molecule has 0 saturated heterocycles. The molecule has 1 aromatic heterocycles. The fourth-order valence-electron chi connectivity index (χ4n) is 0.812. The van der Waals surface area contributed by atoms with Crippen molar-refractivity contribution < 1.29 is 13.1 Å². The molecule has 0 aliphatic heterocycles. The van der Waals surface area contributed by atoms with Crippen molar-refractivity contribution in [3.05, 3.63) is 29.6 Å². The van der Waals surface area contributed by atoms with E-state index in [1.807, 2.05) is 0 Å². The van der Waals surface area contributed by atoms with Crippen LogP contribution in [0.5, 0.6) is 0 Å². The third kappa shape index (κ3) is 1.95. The van der Waals surface area contributed by atoms with Crippen molar-refractivity contribution in [2.45, 2.75) is 5.03 Å². The van der Waals surface area contributed by atoms with Crippen LogP contribution in [-0.4, -0.2) is 14.2 Å². The lowest BCUT2D eigenvalue weighted by atomic mass is 10.5. The second kappa shape index (κ2) is 3.41. The Morgan fingerprint density at radius 3 is 2.77 bits per heavy atom. The monoisotopic (exact) mass is 198 g/mol. The summed E-state index contributed by atoms with van der Waals surface area (Å²) in [6, 6.07) is 5.50. The van der Waals surface area contributed by atoms with Crippen molar-refractivity contribution in [3.63, 3.8) is 0 Å². The molecule has 0 atom stereocenters. The third-order valence-corrected chi connectivity index (χ3v) is 2.82. The largest absolute Gasteiger partial charge is 0.618 e. The van der Waals surface area contributed by atoms with E-state index < -0.39 is 20.6 Å². The number of rotatable bonds is 2. The molecule has 6 heteroatoms. The standard InChI is InChI=1S/C7H6N2O3S/c8-4-6-13(11,12)7-3-1-2-5-9(7)10/h1-3,5H,6H2. The fraction of sp³-hybridized carbons (Fsp3) is 0.143. The first-order valence-corrected chi connectivity index (χ1v) is 5.01. The van der Waals surface area contributed by atoms with Crippen LogP contribution in [0, 0.1) is 16.5 Å². The second-order valence-corrected chi connectivity index (χ2v) is 4.22. The summed E-state index contributed by atoms with van der Waals surface area (Å²) >= 11 is 0. The van der Waals surface area contributed by atoms with Gasteiger partial charge in [0.2, 0.25) is 0 Å². The highest BCUT2D eigenvalue weighted by Crippen LogP contribution is 2.03. The van der Waals surface area contributed by atoms with Crippen LogP contribution in [0.1, 0.15) is 0 Å². The van der Waals surface area contributed by atoms with E-state index >= 15 is 0 Å². The molecule has 13 heavy (non-hydrogen) atoms. The molecule has 0 N–H and O–H groups in total. The minimum atomic E-state index is -3.75. The Labute approximate surface area is 75.4 Å². The fourth-order valence-corrected chi connectivity index (χ4v) is 1.75. The zero-order valence-corrected chi connectivity index (χ0v) is 7.36. The Kier molecular flexibility index (Phi) is 2.49. The average molecular weight is 198 g/mol. The lowest BCUT2D eigenvalue weighted by molar-refractivity contribution is -0.646. The first kappa shape index (κ1) is 9.48. The third-order valence-electron chi connectivity index (χ3n) is 1.36. The summed E-state index contributed by atoms with van der Waals surface area (Å²) in [5.41, 5.74) is 0. The molecule has 5 nitrogen and oxygen atoms in total. The molecule has 0 aromatic carbocycles. The normalized spacial score (nSPS) is 10.7. The highest BCUT2D eigenvalue weighted by Gasteiger charge is 2.22. The Morgan fingerprint density at radius 2 is 2.23 bits per heavy atom. The van der Waals surface area contributed by atoms with E-state index in [2.05, 4.69) is 0 Å². The van der Waals surface area contributed by atoms with Crippen LogP contribution in [0.15, 0.2) is 29.4 Å². The topological polar surface area (TPSA) is 84.9 Å². The minimum Gasteiger partial charge on any atom is -0.618 e. The van der Waals surface area contributed by atoms with E-state index in [0.29, 0.717) is 0 Å². The van der Waals surface area contributed by atoms with Crippen LogP contribution in [0.4, 0.5) is 0 Å². The highest BCUT2D eigenvalue weighted by molar-refractivity contribution is 7.91. The Balaban J connectivity index is 3.25. The van der Waals surface area contributed by atoms with Crippen LogP contribution < -0.4 is 4.73 Å². The van der Waals surface area contributed by atoms with Crippen molar-refractivity contribution >= 4 is 9.84 Å². The average Bonchev–Trinajstić information content (AvgIpc) is 2.04. The maximum atomic E-state index is 11.2. The molecule has 0 fully saturated rings. The van der Waals surface area contributed by atoms with Crippen molar-refractivity contribution in [3.8, 4) is 6.07 Å². The summed E-state index contributed by atoms with van der Waals surface area (Å²) in [4.78, 5) is 0. The molecule has 0 saturated carbocycles. The Morgan fingerprint density at radius 1 is 1.54 bits per heavy atom. The first-order chi connectivity index (χ1) is 6.08. The van der Waals surface area contributed by atoms with Crippen molar-refractivity contribution in [2.24, 2.45) is 0 Å². The highest BCUT2D eigenvalue weighted by atomic mass is 32.2. The summed E-state index contributed by atoms with van der Waals surface area (Å²) in [7, 11) is -3.75. The zero-order chi connectivity index (χ0) is 9.90. The molecule has 0 spiro atoms. The molecule has 0 amide bonds. The van der Waals surface area contributed by atoms with Crippen molar-refractivity contribution in [1.82, 2.24) is 0 Å². The van der Waals surface area contributed by atoms with Gasteiger partial charge in [0.25, 0.3) is 9.84 Å². The molecule has 0 aliphatic carbocycles. The number of hydrogen-bond acceptors (Lipinski definition) is 4. The smallest absolute Gasteiger partial charge is 0.309 e. The van der Waals surface area contributed by atoms with Gasteiger partial charge >= 0.3 is 5.03 Å². The summed E-state index contributed by atoms with van der Waals surface area (Å²) in [6.07, 6.45) is 1.07. The summed E-state index contributed by atoms with van der Waals surface area (Å²) in [5.74, 6) is -0.681. The van der Waals surface area contributed by atoms with Gasteiger partial charge < -0.3 is 5.21 Å². The number of hydrogen-bond donors (Lipinski definition) is 0. The van der Waals surface area contributed by atoms with Gasteiger partial charge in [-0.15, -0.1) is 0 Å². The summed E-state index contributed by atoms with van der Waals surface area (Å²) in [6.45, 7) is 0. The minimum absolute atomic E-state index is 0.229. The van der Waals surface area contributed by atoms with Gasteiger partial charge in [0.05, 0.1) is 6.07 Å². The van der Waals surface area contributed by atoms with E-state index in [0.717, 1.165) is 6.20 Å². The van der Waals surface area contributed by atoms with Crippen molar-refractivity contribution in [1.29, 1.82) is 5.26 Å². The van der Waals surface area contributed by atoms with Gasteiger partial charge in [0.15, 0.2) is 6.20 Å². The summed E-state index contributed by atoms with van der Waals surface area (Å²) in [5, 5.41) is 18.8. The molecule has 1 rings (SSSR count). The maximum absolute atomic E-state index is 11.2. The van der Waals surface area contributed by atoms with E-state index in [9.17, 15) is 13.6 Å². The first-order valence-electron chi connectivity index (χ1n) is 3.36. The van der Waals surface area contributed by atoms with Crippen molar-refractivity contribution in [2.75, 3.05) is 5.75 Å². The van der Waals surface area contributed by atoms with Gasteiger partial charge in [-0.2, -0.15) is 9.99 Å². The molecule has 0 unspecified atom stereocenters. The SMILES string of the molecule is N#CCS(=O)(=O)c1cccc[n+]1[O-]. The van der Waals surface area contributed by atoms with Gasteiger partial charge in [-0.25, -0.2) is 8.42 Å². The van der Waals surface area contributed by atoms with Gasteiger partial charge in [0.1, 0.15) is 5.75 Å². The number of nitriles is 1. The van der Waals surface area contributed by atoms with Crippen LogP contribution >= 0.6 is 0 Å². The number of pyridine rings is 1. The van der Waals surface area contributed by atoms with Crippen LogP contribution in [-0.2, 0) is 9.84 Å². The molecule has 68 valence electrons. The van der Waals surface area contributed by atoms with Gasteiger partial charge in [-0.05, 0) is 6.07 Å². The number of nitrogens with zero attached hydrogens (tertiary/aromatic N) is 2. The molecule has 0 radical (unpaired) electrons. The van der Waals surface area contributed by atoms with E-state index in [4.69, 9.17) is 5.26 Å². The Bertz CT molecular complexity index is 447.